The van der Waals surface area contributed by atoms with Crippen LogP contribution in [0.3, 0.4) is 0 Å². The second-order valence-electron chi connectivity index (χ2n) is 3.80. The molecule has 27 heavy (non-hydrogen) atoms. The van der Waals surface area contributed by atoms with Gasteiger partial charge in [-0.15, -0.1) is 0 Å². The zero-order valence-electron chi connectivity index (χ0n) is 12.3. The van der Waals surface area contributed by atoms with Gasteiger partial charge in [0.05, 0.1) is 18.5 Å². The Bertz CT molecular complexity index is 768. The summed E-state index contributed by atoms with van der Waals surface area (Å²) in [6.07, 6.45) is 0. The quantitative estimate of drug-likeness (QED) is 0.148. The average molecular weight is 610 g/mol. The fourth-order valence-corrected chi connectivity index (χ4v) is 1.62. The second-order valence-corrected chi connectivity index (χ2v) is 6.72. The number of hydrogen-bond donors (Lipinski definition) is 0. The Morgan fingerprint density at radius 3 is 1.07 bits per heavy atom. The van der Waals surface area contributed by atoms with Gasteiger partial charge in [-0.25, -0.2) is 8.42 Å². The van der Waals surface area contributed by atoms with Crippen molar-refractivity contribution in [3.63, 3.8) is 0 Å². The first-order valence-corrected chi connectivity index (χ1v) is 8.67. The Hall–Kier alpha value is -0.250. The Labute approximate surface area is 186 Å². The van der Waals surface area contributed by atoms with Crippen LogP contribution in [0.25, 0.3) is 0 Å². The smallest absolute Gasteiger partial charge is 0.485 e. The second kappa shape index (κ2) is 12.3. The minimum absolute atomic E-state index is 0. The minimum Gasteiger partial charge on any atom is -1.00 e. The van der Waals surface area contributed by atoms with Crippen molar-refractivity contribution in [3.05, 3.63) is 57.0 Å². The van der Waals surface area contributed by atoms with Gasteiger partial charge in [0, 0.05) is 24.3 Å². The van der Waals surface area contributed by atoms with Crippen molar-refractivity contribution in [2.75, 3.05) is 0 Å². The minimum atomic E-state index is -6.09. The van der Waals surface area contributed by atoms with Crippen molar-refractivity contribution in [2.45, 2.75) is 5.51 Å². The van der Waals surface area contributed by atoms with Crippen molar-refractivity contribution >= 4 is 56.5 Å². The molecule has 0 saturated heterocycles. The van der Waals surface area contributed by atoms with Crippen LogP contribution in [0.1, 0.15) is 0 Å². The van der Waals surface area contributed by atoms with E-state index in [1.165, 1.54) is 24.3 Å². The molecular formula is C11H6Cl4F5IN2O3S. The van der Waals surface area contributed by atoms with Gasteiger partial charge in [-0.05, 0) is 58.5 Å². The van der Waals surface area contributed by atoms with Crippen LogP contribution < -0.4 is 33.6 Å². The van der Waals surface area contributed by atoms with Gasteiger partial charge in [0.25, 0.3) is 0 Å². The third kappa shape index (κ3) is 10.8. The Morgan fingerprint density at radius 2 is 0.963 bits per heavy atom. The van der Waals surface area contributed by atoms with Crippen LogP contribution in [0, 0.1) is 0 Å². The number of aromatic nitrogens is 2. The Balaban J connectivity index is 0. The van der Waals surface area contributed by atoms with Crippen molar-refractivity contribution in [1.82, 2.24) is 0 Å². The van der Waals surface area contributed by atoms with E-state index in [1.54, 1.807) is 12.1 Å². The molecule has 5 nitrogen and oxygen atoms in total. The van der Waals surface area contributed by atoms with E-state index in [2.05, 4.69) is 0 Å². The summed E-state index contributed by atoms with van der Waals surface area (Å²) in [4.78, 5) is 0.395. The van der Waals surface area contributed by atoms with Crippen LogP contribution in [-0.4, -0.2) is 18.5 Å². The summed E-state index contributed by atoms with van der Waals surface area (Å²) in [6, 6.07) is 8.78. The molecule has 0 saturated carbocycles. The van der Waals surface area contributed by atoms with Gasteiger partial charge in [-0.1, -0.05) is 0 Å². The third-order valence-corrected chi connectivity index (χ3v) is 3.63. The first kappa shape index (κ1) is 29.0. The SMILES string of the molecule is F[n+]1c(Cl)cccc1Cl.F[n+]1c(Cl)cccc1Cl.O=S(=O)([O-])C(F)(F)F.[I-]. The van der Waals surface area contributed by atoms with E-state index in [9.17, 15) is 22.1 Å². The summed E-state index contributed by atoms with van der Waals surface area (Å²) in [5, 5.41) is -0.102. The van der Waals surface area contributed by atoms with Gasteiger partial charge >= 0.3 is 26.1 Å². The molecule has 0 aliphatic rings. The van der Waals surface area contributed by atoms with Crippen molar-refractivity contribution in [1.29, 1.82) is 0 Å². The van der Waals surface area contributed by atoms with E-state index in [0.717, 1.165) is 0 Å². The van der Waals surface area contributed by atoms with Crippen LogP contribution in [0.15, 0.2) is 36.4 Å². The van der Waals surface area contributed by atoms with Crippen LogP contribution in [-0.2, 0) is 10.1 Å². The van der Waals surface area contributed by atoms with E-state index in [4.69, 9.17) is 59.4 Å². The number of halogens is 10. The summed E-state index contributed by atoms with van der Waals surface area (Å²) >= 11 is 21.3. The monoisotopic (exact) mass is 608 g/mol. The lowest BCUT2D eigenvalue weighted by atomic mass is 10.5. The standard InChI is InChI=1S/2C5H3Cl2FN.CHF3O3S.HI/c2*6-4-2-1-3-5(7)9(4)8;2-1(3,4)8(5,6)7;/h2*1-3H;(H,5,6,7);1H/q2*+1;;/p-2. The van der Waals surface area contributed by atoms with Gasteiger partial charge in [-0.3, -0.25) is 0 Å². The lowest BCUT2D eigenvalue weighted by Crippen LogP contribution is -3.00. The maximum Gasteiger partial charge on any atom is 0.485 e. The molecule has 0 aromatic carbocycles. The molecule has 0 aliphatic heterocycles. The van der Waals surface area contributed by atoms with Crippen molar-refractivity contribution in [2.24, 2.45) is 0 Å². The van der Waals surface area contributed by atoms with Crippen molar-refractivity contribution in [3.8, 4) is 0 Å². The Kier molecular flexibility index (Phi) is 13.2. The highest BCUT2D eigenvalue weighted by atomic mass is 127. The van der Waals surface area contributed by atoms with E-state index in [0.29, 0.717) is 0 Å². The molecule has 2 aromatic heterocycles. The third-order valence-electron chi connectivity index (χ3n) is 1.97. The van der Waals surface area contributed by atoms with Crippen LogP contribution in [0.5, 0.6) is 0 Å². The molecule has 0 atom stereocenters. The van der Waals surface area contributed by atoms with Crippen LogP contribution in [0.2, 0.25) is 20.6 Å². The van der Waals surface area contributed by atoms with Gasteiger partial charge in [0.1, 0.15) is 0 Å². The van der Waals surface area contributed by atoms with Gasteiger partial charge < -0.3 is 28.5 Å². The summed E-state index contributed by atoms with van der Waals surface area (Å²) in [5.74, 6) is 0. The Morgan fingerprint density at radius 1 is 0.778 bits per heavy atom. The fraction of sp³-hybridized carbons (Fsp3) is 0.0909. The maximum absolute atomic E-state index is 12.4. The molecule has 0 aliphatic carbocycles. The fourth-order valence-electron chi connectivity index (χ4n) is 0.880. The van der Waals surface area contributed by atoms with Crippen LogP contribution in [0.4, 0.5) is 22.1 Å². The molecule has 16 heteroatoms. The average Bonchev–Trinajstić information content (AvgIpc) is 2.49. The molecule has 2 rings (SSSR count). The van der Waals surface area contributed by atoms with E-state index in [-0.39, 0.29) is 54.2 Å². The molecule has 2 aromatic rings. The first-order chi connectivity index (χ1) is 11.7. The molecule has 0 N–H and O–H groups in total. The van der Waals surface area contributed by atoms with Crippen LogP contribution >= 0.6 is 46.4 Å². The topological polar surface area (TPSA) is 65.0 Å². The van der Waals surface area contributed by atoms with Gasteiger partial charge in [0.2, 0.25) is 0 Å². The largest absolute Gasteiger partial charge is 1.00 e. The number of hydrogen-bond acceptors (Lipinski definition) is 3. The zero-order chi connectivity index (χ0) is 20.7. The lowest BCUT2D eigenvalue weighted by molar-refractivity contribution is -0.840. The summed E-state index contributed by atoms with van der Waals surface area (Å²) in [6.45, 7) is 0. The number of alkyl halides is 3. The maximum atomic E-state index is 12.4. The molecule has 0 bridgehead atoms. The molecule has 0 amide bonds. The number of rotatable bonds is 0. The van der Waals surface area contributed by atoms with Gasteiger partial charge in [-0.2, -0.15) is 13.2 Å². The molecule has 0 spiro atoms. The lowest BCUT2D eigenvalue weighted by Gasteiger charge is -2.08. The molecule has 0 unspecified atom stereocenters. The van der Waals surface area contributed by atoms with E-state index >= 15 is 0 Å². The van der Waals surface area contributed by atoms with E-state index < -0.39 is 15.6 Å². The number of nitrogens with zero attached hydrogens (tertiary/aromatic N) is 2. The van der Waals surface area contributed by atoms with Gasteiger partial charge in [0.15, 0.2) is 10.1 Å². The highest BCUT2D eigenvalue weighted by molar-refractivity contribution is 7.86. The molecule has 0 fully saturated rings. The highest BCUT2D eigenvalue weighted by Crippen LogP contribution is 2.20. The summed E-state index contributed by atoms with van der Waals surface area (Å²) in [7, 11) is -6.09. The molecular weight excluding hydrogens is 604 g/mol. The summed E-state index contributed by atoms with van der Waals surface area (Å²) < 4.78 is 83.7. The highest BCUT2D eigenvalue weighted by Gasteiger charge is 2.36. The van der Waals surface area contributed by atoms with Crippen molar-refractivity contribution < 1.29 is 68.7 Å². The predicted octanol–water partition coefficient (Wildman–Crippen LogP) is 1.08. The predicted molar refractivity (Wildman–Crippen MR) is 82.1 cm³/mol. The number of pyridine rings is 2. The van der Waals surface area contributed by atoms with E-state index in [1.807, 2.05) is 0 Å². The normalized spacial score (nSPS) is 10.6. The zero-order valence-corrected chi connectivity index (χ0v) is 18.3. The first-order valence-electron chi connectivity index (χ1n) is 5.75. The molecule has 154 valence electrons. The molecule has 2 heterocycles. The molecule has 0 radical (unpaired) electrons. The summed E-state index contributed by atoms with van der Waals surface area (Å²) in [5.41, 5.74) is -5.65.